The second kappa shape index (κ2) is 15.9. The lowest BCUT2D eigenvalue weighted by Gasteiger charge is -2.12. The number of carbonyl (C=O) groups excluding carboxylic acids is 1. The molecule has 0 aromatic heterocycles. The van der Waals surface area contributed by atoms with Crippen molar-refractivity contribution >= 4 is 17.8 Å². The lowest BCUT2D eigenvalue weighted by Crippen LogP contribution is -2.42. The highest BCUT2D eigenvalue weighted by Crippen LogP contribution is 2.12. The molecule has 0 aromatic rings. The van der Waals surface area contributed by atoms with Crippen molar-refractivity contribution in [3.8, 4) is 0 Å². The minimum Gasteiger partial charge on any atom is -0.481 e. The standard InChI is InChI=1S/C18H34N2O5/c19-13-11-9-7-5-3-1-2-4-6-8-10-12-16(21)20-15(18(24)25)14-17(22)23/h15H,1-14,19H2,(H,20,21)(H,22,23)(H,24,25). The molecule has 0 spiro atoms. The molecule has 1 unspecified atom stereocenters. The van der Waals surface area contributed by atoms with Gasteiger partial charge in [-0.05, 0) is 19.4 Å². The zero-order valence-electron chi connectivity index (χ0n) is 15.2. The van der Waals surface area contributed by atoms with Gasteiger partial charge >= 0.3 is 11.9 Å². The van der Waals surface area contributed by atoms with Crippen molar-refractivity contribution in [1.82, 2.24) is 5.32 Å². The Bertz CT molecular complexity index is 388. The summed E-state index contributed by atoms with van der Waals surface area (Å²) in [6.07, 6.45) is 12.1. The van der Waals surface area contributed by atoms with Crippen LogP contribution < -0.4 is 11.1 Å². The molecule has 0 aliphatic heterocycles. The molecule has 0 rings (SSSR count). The van der Waals surface area contributed by atoms with Crippen molar-refractivity contribution < 1.29 is 24.6 Å². The first kappa shape index (κ1) is 23.4. The van der Waals surface area contributed by atoms with Crippen LogP contribution >= 0.6 is 0 Å². The maximum Gasteiger partial charge on any atom is 0.326 e. The largest absolute Gasteiger partial charge is 0.481 e. The molecular weight excluding hydrogens is 324 g/mol. The summed E-state index contributed by atoms with van der Waals surface area (Å²) in [7, 11) is 0. The zero-order valence-corrected chi connectivity index (χ0v) is 15.2. The lowest BCUT2D eigenvalue weighted by atomic mass is 10.0. The van der Waals surface area contributed by atoms with Crippen LogP contribution in [-0.2, 0) is 14.4 Å². The molecule has 0 saturated carbocycles. The molecular formula is C18H34N2O5. The van der Waals surface area contributed by atoms with E-state index in [9.17, 15) is 14.4 Å². The van der Waals surface area contributed by atoms with Crippen molar-refractivity contribution in [3.05, 3.63) is 0 Å². The minimum absolute atomic E-state index is 0.241. The molecule has 0 saturated heterocycles. The Morgan fingerprint density at radius 2 is 1.20 bits per heavy atom. The highest BCUT2D eigenvalue weighted by molar-refractivity contribution is 5.86. The van der Waals surface area contributed by atoms with Crippen LogP contribution in [0.4, 0.5) is 0 Å². The molecule has 0 heterocycles. The number of carboxylic acid groups (broad SMARTS) is 2. The molecule has 0 radical (unpaired) electrons. The van der Waals surface area contributed by atoms with Crippen LogP contribution in [0.25, 0.3) is 0 Å². The number of nitrogens with one attached hydrogen (secondary N) is 1. The summed E-state index contributed by atoms with van der Waals surface area (Å²) < 4.78 is 0. The molecule has 0 aliphatic rings. The minimum atomic E-state index is -1.35. The number of nitrogens with two attached hydrogens (primary N) is 1. The van der Waals surface area contributed by atoms with Crippen LogP contribution in [0.5, 0.6) is 0 Å². The van der Waals surface area contributed by atoms with Gasteiger partial charge in [-0.2, -0.15) is 0 Å². The summed E-state index contributed by atoms with van der Waals surface area (Å²) in [5, 5.41) is 19.7. The monoisotopic (exact) mass is 358 g/mol. The fraction of sp³-hybridized carbons (Fsp3) is 0.833. The molecule has 1 amide bonds. The Hall–Kier alpha value is -1.63. The number of rotatable bonds is 17. The number of carbonyl (C=O) groups is 3. The van der Waals surface area contributed by atoms with Crippen molar-refractivity contribution in [3.63, 3.8) is 0 Å². The average molecular weight is 358 g/mol. The summed E-state index contributed by atoms with van der Waals surface area (Å²) in [6.45, 7) is 0.786. The fourth-order valence-corrected chi connectivity index (χ4v) is 2.66. The summed E-state index contributed by atoms with van der Waals surface area (Å²) in [5.41, 5.74) is 5.45. The van der Waals surface area contributed by atoms with E-state index < -0.39 is 30.3 Å². The van der Waals surface area contributed by atoms with E-state index in [1.165, 1.54) is 38.5 Å². The molecule has 0 aromatic carbocycles. The van der Waals surface area contributed by atoms with Crippen LogP contribution in [0.2, 0.25) is 0 Å². The number of amides is 1. The van der Waals surface area contributed by atoms with Gasteiger partial charge in [0.15, 0.2) is 0 Å². The first-order valence-electron chi connectivity index (χ1n) is 9.41. The molecule has 0 fully saturated rings. The van der Waals surface area contributed by atoms with E-state index in [0.29, 0.717) is 6.42 Å². The highest BCUT2D eigenvalue weighted by atomic mass is 16.4. The van der Waals surface area contributed by atoms with Gasteiger partial charge in [-0.3, -0.25) is 9.59 Å². The molecule has 0 aliphatic carbocycles. The Balaban J connectivity index is 3.50. The third kappa shape index (κ3) is 15.6. The predicted molar refractivity (Wildman–Crippen MR) is 96.3 cm³/mol. The summed E-state index contributed by atoms with van der Waals surface area (Å²) >= 11 is 0. The molecule has 7 heteroatoms. The number of hydrogen-bond acceptors (Lipinski definition) is 4. The van der Waals surface area contributed by atoms with Crippen LogP contribution in [0, 0.1) is 0 Å². The quantitative estimate of drug-likeness (QED) is 0.296. The Kier molecular flexibility index (Phi) is 14.8. The Morgan fingerprint density at radius 1 is 0.760 bits per heavy atom. The van der Waals surface area contributed by atoms with Crippen LogP contribution in [0.1, 0.15) is 83.5 Å². The van der Waals surface area contributed by atoms with E-state index in [2.05, 4.69) is 5.32 Å². The Morgan fingerprint density at radius 3 is 1.60 bits per heavy atom. The highest BCUT2D eigenvalue weighted by Gasteiger charge is 2.22. The summed E-state index contributed by atoms with van der Waals surface area (Å²) in [4.78, 5) is 33.1. The van der Waals surface area contributed by atoms with Crippen LogP contribution in [0.3, 0.4) is 0 Å². The second-order valence-electron chi connectivity index (χ2n) is 6.48. The fourth-order valence-electron chi connectivity index (χ4n) is 2.66. The molecule has 5 N–H and O–H groups in total. The third-order valence-electron chi connectivity index (χ3n) is 4.12. The van der Waals surface area contributed by atoms with E-state index in [1.54, 1.807) is 0 Å². The topological polar surface area (TPSA) is 130 Å². The molecule has 146 valence electrons. The maximum atomic E-state index is 11.6. The first-order valence-corrected chi connectivity index (χ1v) is 9.41. The molecule has 25 heavy (non-hydrogen) atoms. The van der Waals surface area contributed by atoms with E-state index in [0.717, 1.165) is 32.2 Å². The number of aliphatic carboxylic acids is 2. The maximum absolute atomic E-state index is 11.6. The van der Waals surface area contributed by atoms with Crippen LogP contribution in [-0.4, -0.2) is 40.6 Å². The first-order chi connectivity index (χ1) is 12.0. The molecule has 1 atom stereocenters. The molecule has 0 bridgehead atoms. The van der Waals surface area contributed by atoms with Gasteiger partial charge in [0.25, 0.3) is 0 Å². The van der Waals surface area contributed by atoms with Crippen molar-refractivity contribution in [2.45, 2.75) is 89.5 Å². The van der Waals surface area contributed by atoms with Gasteiger partial charge < -0.3 is 21.3 Å². The summed E-state index contributed by atoms with van der Waals surface area (Å²) in [6, 6.07) is -1.35. The predicted octanol–water partition coefficient (Wildman–Crippen LogP) is 2.67. The van der Waals surface area contributed by atoms with Crippen molar-refractivity contribution in [2.24, 2.45) is 5.73 Å². The zero-order chi connectivity index (χ0) is 18.9. The molecule has 7 nitrogen and oxygen atoms in total. The number of hydrogen-bond donors (Lipinski definition) is 4. The Labute approximate surface area is 150 Å². The van der Waals surface area contributed by atoms with E-state index in [4.69, 9.17) is 15.9 Å². The van der Waals surface area contributed by atoms with E-state index in [1.807, 2.05) is 0 Å². The van der Waals surface area contributed by atoms with Gasteiger partial charge in [-0.25, -0.2) is 4.79 Å². The lowest BCUT2D eigenvalue weighted by molar-refractivity contribution is -0.147. The van der Waals surface area contributed by atoms with Crippen LogP contribution in [0.15, 0.2) is 0 Å². The normalized spacial score (nSPS) is 11.9. The van der Waals surface area contributed by atoms with Crippen molar-refractivity contribution in [2.75, 3.05) is 6.54 Å². The number of unbranched alkanes of at least 4 members (excludes halogenated alkanes) is 10. The third-order valence-corrected chi connectivity index (χ3v) is 4.12. The number of carboxylic acids is 2. The van der Waals surface area contributed by atoms with Gasteiger partial charge in [0.2, 0.25) is 5.91 Å². The van der Waals surface area contributed by atoms with E-state index >= 15 is 0 Å². The van der Waals surface area contributed by atoms with E-state index in [-0.39, 0.29) is 6.42 Å². The van der Waals surface area contributed by atoms with Crippen molar-refractivity contribution in [1.29, 1.82) is 0 Å². The second-order valence-corrected chi connectivity index (χ2v) is 6.48. The SMILES string of the molecule is NCCCCCCCCCCCCCC(=O)NC(CC(=O)O)C(=O)O. The van der Waals surface area contributed by atoms with Gasteiger partial charge in [-0.15, -0.1) is 0 Å². The smallest absolute Gasteiger partial charge is 0.326 e. The summed E-state index contributed by atoms with van der Waals surface area (Å²) in [5.74, 6) is -2.96. The van der Waals surface area contributed by atoms with Gasteiger partial charge in [0, 0.05) is 6.42 Å². The van der Waals surface area contributed by atoms with Gasteiger partial charge in [0.1, 0.15) is 6.04 Å². The average Bonchev–Trinajstić information content (AvgIpc) is 2.54. The van der Waals surface area contributed by atoms with Gasteiger partial charge in [-0.1, -0.05) is 57.8 Å². The van der Waals surface area contributed by atoms with Gasteiger partial charge in [0.05, 0.1) is 6.42 Å².